The Morgan fingerprint density at radius 1 is 1.30 bits per heavy atom. The normalized spacial score (nSPS) is 29.8. The van der Waals surface area contributed by atoms with Gasteiger partial charge in [-0.3, -0.25) is 13.9 Å². The molecule has 1 aromatic carbocycles. The lowest BCUT2D eigenvalue weighted by Crippen LogP contribution is -2.54. The van der Waals surface area contributed by atoms with E-state index in [4.69, 9.17) is 8.92 Å². The van der Waals surface area contributed by atoms with Crippen molar-refractivity contribution in [2.45, 2.75) is 44.1 Å². The molecule has 4 atom stereocenters. The molecule has 2 unspecified atom stereocenters. The first-order valence-corrected chi connectivity index (χ1v) is 9.55. The van der Waals surface area contributed by atoms with Crippen LogP contribution in [0, 0.1) is 0 Å². The summed E-state index contributed by atoms with van der Waals surface area (Å²) in [5.74, 6) is -0.297. The molecule has 2 heterocycles. The fraction of sp³-hybridized carbons (Fsp3) is 0.562. The van der Waals surface area contributed by atoms with Crippen molar-refractivity contribution in [2.75, 3.05) is 12.8 Å². The minimum absolute atomic E-state index is 0.123. The van der Waals surface area contributed by atoms with Crippen LogP contribution in [-0.2, 0) is 23.8 Å². The molecule has 3 rings (SSSR count). The average molecular weight is 339 g/mol. The molecule has 0 N–H and O–H groups in total. The monoisotopic (exact) mass is 339 g/mol. The topological polar surface area (TPSA) is 72.9 Å². The van der Waals surface area contributed by atoms with Crippen LogP contribution in [0.4, 0.5) is 0 Å². The summed E-state index contributed by atoms with van der Waals surface area (Å²) in [5, 5.41) is 0. The number of hydrogen-bond donors (Lipinski definition) is 0. The summed E-state index contributed by atoms with van der Waals surface area (Å²) in [6.45, 7) is 2.75. The highest BCUT2D eigenvalue weighted by Crippen LogP contribution is 2.36. The number of fused-ring (bicyclic) bond motifs is 1. The van der Waals surface area contributed by atoms with E-state index in [2.05, 4.69) is 24.0 Å². The van der Waals surface area contributed by atoms with Crippen LogP contribution in [0.3, 0.4) is 0 Å². The third kappa shape index (κ3) is 3.57. The highest BCUT2D eigenvalue weighted by Gasteiger charge is 2.49. The van der Waals surface area contributed by atoms with Crippen molar-refractivity contribution in [1.29, 1.82) is 0 Å². The lowest BCUT2D eigenvalue weighted by molar-refractivity contribution is -0.147. The van der Waals surface area contributed by atoms with Gasteiger partial charge in [-0.25, -0.2) is 0 Å². The summed E-state index contributed by atoms with van der Waals surface area (Å²) in [7, 11) is -3.58. The van der Waals surface area contributed by atoms with Gasteiger partial charge in [-0.1, -0.05) is 30.3 Å². The second-order valence-corrected chi connectivity index (χ2v) is 7.78. The Balaban J connectivity index is 1.81. The molecule has 6 nitrogen and oxygen atoms in total. The van der Waals surface area contributed by atoms with Crippen LogP contribution in [0.5, 0.6) is 0 Å². The fourth-order valence-corrected chi connectivity index (χ4v) is 4.19. The first kappa shape index (κ1) is 16.4. The number of nitrogens with zero attached hydrogens (tertiary/aromatic N) is 1. The van der Waals surface area contributed by atoms with Crippen LogP contribution in [0.15, 0.2) is 30.3 Å². The van der Waals surface area contributed by atoms with Crippen LogP contribution >= 0.6 is 0 Å². The van der Waals surface area contributed by atoms with E-state index in [0.29, 0.717) is 13.0 Å². The molecule has 126 valence electrons. The molecule has 0 aromatic heterocycles. The minimum Gasteiger partial charge on any atom is -0.458 e. The van der Waals surface area contributed by atoms with Crippen molar-refractivity contribution >= 4 is 16.1 Å². The van der Waals surface area contributed by atoms with Crippen molar-refractivity contribution in [1.82, 2.24) is 4.90 Å². The number of esters is 1. The van der Waals surface area contributed by atoms with E-state index in [9.17, 15) is 13.2 Å². The van der Waals surface area contributed by atoms with E-state index in [0.717, 1.165) is 11.8 Å². The Hall–Kier alpha value is -1.44. The highest BCUT2D eigenvalue weighted by molar-refractivity contribution is 7.86. The third-order valence-corrected chi connectivity index (χ3v) is 5.16. The predicted molar refractivity (Wildman–Crippen MR) is 84.2 cm³/mol. The number of piperidine rings is 1. The minimum atomic E-state index is -3.58. The van der Waals surface area contributed by atoms with Gasteiger partial charge < -0.3 is 4.74 Å². The van der Waals surface area contributed by atoms with Crippen molar-refractivity contribution in [3.63, 3.8) is 0 Å². The van der Waals surface area contributed by atoms with Gasteiger partial charge in [-0.2, -0.15) is 8.42 Å². The predicted octanol–water partition coefficient (Wildman–Crippen LogP) is 1.48. The summed E-state index contributed by atoms with van der Waals surface area (Å²) < 4.78 is 33.4. The number of carbonyl (C=O) groups excluding carboxylic acids is 1. The molecule has 1 aromatic rings. The third-order valence-electron chi connectivity index (χ3n) is 4.56. The number of hydrogen-bond acceptors (Lipinski definition) is 6. The smallest absolute Gasteiger partial charge is 0.307 e. The Morgan fingerprint density at radius 3 is 2.65 bits per heavy atom. The summed E-state index contributed by atoms with van der Waals surface area (Å²) >= 11 is 0. The van der Waals surface area contributed by atoms with Gasteiger partial charge in [-0.15, -0.1) is 0 Å². The fourth-order valence-electron chi connectivity index (χ4n) is 3.53. The maximum absolute atomic E-state index is 11.8. The van der Waals surface area contributed by atoms with Crippen LogP contribution in [0.2, 0.25) is 0 Å². The zero-order chi connectivity index (χ0) is 16.6. The van der Waals surface area contributed by atoms with Gasteiger partial charge in [0.05, 0.1) is 18.7 Å². The van der Waals surface area contributed by atoms with Gasteiger partial charge in [0.15, 0.2) is 0 Å². The first-order valence-electron chi connectivity index (χ1n) is 7.73. The molecule has 0 amide bonds. The SMILES string of the molecule is C[C@H](c1ccccc1)N1CC[C@@H](OS(C)(=O)=O)C2OC(=O)CC21. The molecule has 2 aliphatic heterocycles. The van der Waals surface area contributed by atoms with Crippen molar-refractivity contribution in [3.05, 3.63) is 35.9 Å². The van der Waals surface area contributed by atoms with E-state index >= 15 is 0 Å². The standard InChI is InChI=1S/C16H21NO5S/c1-11(12-6-4-3-5-7-12)17-9-8-14(22-23(2,19)20)16-13(17)10-15(18)21-16/h3-7,11,13-14,16H,8-10H2,1-2H3/t11-,13?,14-,16?/m1/s1. The molecule has 2 saturated heterocycles. The number of ether oxygens (including phenoxy) is 1. The average Bonchev–Trinajstić information content (AvgIpc) is 2.88. The molecule has 7 heteroatoms. The zero-order valence-corrected chi connectivity index (χ0v) is 14.0. The van der Waals surface area contributed by atoms with Gasteiger partial charge in [0, 0.05) is 12.6 Å². The number of benzene rings is 1. The summed E-state index contributed by atoms with van der Waals surface area (Å²) in [6.07, 6.45) is 0.680. The van der Waals surface area contributed by atoms with Crippen molar-refractivity contribution < 1.29 is 22.1 Å². The van der Waals surface area contributed by atoms with Crippen LogP contribution in [0.25, 0.3) is 0 Å². The van der Waals surface area contributed by atoms with Gasteiger partial charge in [-0.05, 0) is 18.9 Å². The van der Waals surface area contributed by atoms with E-state index < -0.39 is 22.3 Å². The van der Waals surface area contributed by atoms with Crippen LogP contribution in [0.1, 0.15) is 31.4 Å². The zero-order valence-electron chi connectivity index (χ0n) is 13.2. The lowest BCUT2D eigenvalue weighted by Gasteiger charge is -2.42. The summed E-state index contributed by atoms with van der Waals surface area (Å²) in [4.78, 5) is 14.0. The van der Waals surface area contributed by atoms with Gasteiger partial charge in [0.25, 0.3) is 10.1 Å². The quantitative estimate of drug-likeness (QED) is 0.611. The Bertz CT molecular complexity index is 675. The van der Waals surface area contributed by atoms with Gasteiger partial charge >= 0.3 is 5.97 Å². The molecule has 2 fully saturated rings. The number of rotatable bonds is 4. The summed E-state index contributed by atoms with van der Waals surface area (Å²) in [5.41, 5.74) is 1.16. The molecule has 2 aliphatic rings. The number of likely N-dealkylation sites (tertiary alicyclic amines) is 1. The molecular weight excluding hydrogens is 318 g/mol. The van der Waals surface area contributed by atoms with Crippen LogP contribution in [-0.4, -0.2) is 50.3 Å². The molecule has 23 heavy (non-hydrogen) atoms. The molecule has 0 bridgehead atoms. The molecule has 0 radical (unpaired) electrons. The second kappa shape index (κ2) is 6.22. The maximum Gasteiger partial charge on any atom is 0.307 e. The molecule has 0 saturated carbocycles. The molecule has 0 spiro atoms. The first-order chi connectivity index (χ1) is 10.8. The Morgan fingerprint density at radius 2 is 2.00 bits per heavy atom. The van der Waals surface area contributed by atoms with E-state index in [1.54, 1.807) is 0 Å². The van der Waals surface area contributed by atoms with E-state index in [-0.39, 0.29) is 24.5 Å². The molecule has 0 aliphatic carbocycles. The number of carbonyl (C=O) groups is 1. The molecular formula is C16H21NO5S. The summed E-state index contributed by atoms with van der Waals surface area (Å²) in [6, 6.07) is 10.0. The maximum atomic E-state index is 11.8. The lowest BCUT2D eigenvalue weighted by atomic mass is 9.92. The highest BCUT2D eigenvalue weighted by atomic mass is 32.2. The van der Waals surface area contributed by atoms with E-state index in [1.165, 1.54) is 0 Å². The van der Waals surface area contributed by atoms with E-state index in [1.807, 2.05) is 18.2 Å². The van der Waals surface area contributed by atoms with Crippen molar-refractivity contribution in [3.8, 4) is 0 Å². The largest absolute Gasteiger partial charge is 0.458 e. The van der Waals surface area contributed by atoms with Crippen LogP contribution < -0.4 is 0 Å². The second-order valence-electron chi connectivity index (χ2n) is 6.18. The van der Waals surface area contributed by atoms with Gasteiger partial charge in [0.2, 0.25) is 0 Å². The Kier molecular flexibility index (Phi) is 4.44. The van der Waals surface area contributed by atoms with Gasteiger partial charge in [0.1, 0.15) is 12.2 Å². The Labute approximate surface area is 136 Å². The van der Waals surface area contributed by atoms with Crippen molar-refractivity contribution in [2.24, 2.45) is 0 Å².